The van der Waals surface area contributed by atoms with Crippen molar-refractivity contribution in [2.75, 3.05) is 13.2 Å². The van der Waals surface area contributed by atoms with Gasteiger partial charge in [-0.05, 0) is 50.8 Å². The maximum absolute atomic E-state index is 9.77. The number of hydrogen-bond acceptors (Lipinski definition) is 3. The second kappa shape index (κ2) is 8.81. The molecule has 0 saturated heterocycles. The molecule has 0 fully saturated rings. The van der Waals surface area contributed by atoms with Crippen LogP contribution in [-0.2, 0) is 6.42 Å². The van der Waals surface area contributed by atoms with Gasteiger partial charge in [-0.25, -0.2) is 0 Å². The third kappa shape index (κ3) is 5.52. The van der Waals surface area contributed by atoms with Crippen LogP contribution in [0.15, 0.2) is 18.2 Å². The summed E-state index contributed by atoms with van der Waals surface area (Å²) >= 11 is 0. The van der Waals surface area contributed by atoms with Crippen LogP contribution in [0.2, 0.25) is 0 Å². The predicted molar refractivity (Wildman–Crippen MR) is 78.0 cm³/mol. The van der Waals surface area contributed by atoms with E-state index in [1.807, 2.05) is 32.0 Å². The first-order chi connectivity index (χ1) is 9.21. The van der Waals surface area contributed by atoms with E-state index in [2.05, 4.69) is 6.92 Å². The lowest BCUT2D eigenvalue weighted by Crippen LogP contribution is -2.07. The number of aryl methyl sites for hydroxylation is 1. The van der Waals surface area contributed by atoms with Crippen molar-refractivity contribution in [3.8, 4) is 11.5 Å². The van der Waals surface area contributed by atoms with Gasteiger partial charge in [-0.15, -0.1) is 0 Å². The SMILES string of the molecule is CCCC(O)CCc1ccc(OCC)c(OCC)c1. The fraction of sp³-hybridized carbons (Fsp3) is 0.625. The van der Waals surface area contributed by atoms with E-state index in [0.717, 1.165) is 37.2 Å². The van der Waals surface area contributed by atoms with Gasteiger partial charge in [-0.2, -0.15) is 0 Å². The molecule has 108 valence electrons. The van der Waals surface area contributed by atoms with Crippen LogP contribution in [0.3, 0.4) is 0 Å². The van der Waals surface area contributed by atoms with Crippen molar-refractivity contribution in [3.63, 3.8) is 0 Å². The lowest BCUT2D eigenvalue weighted by Gasteiger charge is -2.13. The zero-order chi connectivity index (χ0) is 14.1. The number of hydrogen-bond donors (Lipinski definition) is 1. The Labute approximate surface area is 116 Å². The molecule has 0 heterocycles. The van der Waals surface area contributed by atoms with Gasteiger partial charge in [0.05, 0.1) is 19.3 Å². The van der Waals surface area contributed by atoms with Crippen LogP contribution >= 0.6 is 0 Å². The highest BCUT2D eigenvalue weighted by molar-refractivity contribution is 5.43. The molecule has 1 unspecified atom stereocenters. The van der Waals surface area contributed by atoms with Gasteiger partial charge in [0.2, 0.25) is 0 Å². The van der Waals surface area contributed by atoms with E-state index < -0.39 is 0 Å². The van der Waals surface area contributed by atoms with Crippen molar-refractivity contribution in [2.45, 2.75) is 52.6 Å². The Kier molecular flexibility index (Phi) is 7.34. The second-order valence-corrected chi connectivity index (χ2v) is 4.63. The zero-order valence-electron chi connectivity index (χ0n) is 12.3. The summed E-state index contributed by atoms with van der Waals surface area (Å²) < 4.78 is 11.1. The van der Waals surface area contributed by atoms with Crippen molar-refractivity contribution in [3.05, 3.63) is 23.8 Å². The summed E-state index contributed by atoms with van der Waals surface area (Å²) in [6.45, 7) is 7.28. The maximum atomic E-state index is 9.77. The normalized spacial score (nSPS) is 12.2. The Hall–Kier alpha value is -1.22. The van der Waals surface area contributed by atoms with Crippen molar-refractivity contribution >= 4 is 0 Å². The smallest absolute Gasteiger partial charge is 0.161 e. The van der Waals surface area contributed by atoms with Gasteiger partial charge in [0.1, 0.15) is 0 Å². The maximum Gasteiger partial charge on any atom is 0.161 e. The number of aliphatic hydroxyl groups is 1. The van der Waals surface area contributed by atoms with Gasteiger partial charge in [0.15, 0.2) is 11.5 Å². The molecule has 0 aliphatic heterocycles. The highest BCUT2D eigenvalue weighted by Crippen LogP contribution is 2.29. The monoisotopic (exact) mass is 266 g/mol. The molecule has 1 N–H and O–H groups in total. The third-order valence-corrected chi connectivity index (χ3v) is 3.00. The van der Waals surface area contributed by atoms with E-state index in [1.165, 1.54) is 5.56 Å². The van der Waals surface area contributed by atoms with Crippen LogP contribution in [0.25, 0.3) is 0 Å². The summed E-state index contributed by atoms with van der Waals surface area (Å²) in [5, 5.41) is 9.77. The predicted octanol–water partition coefficient (Wildman–Crippen LogP) is 3.58. The van der Waals surface area contributed by atoms with Crippen molar-refractivity contribution in [1.29, 1.82) is 0 Å². The van der Waals surface area contributed by atoms with E-state index in [-0.39, 0.29) is 6.10 Å². The number of ether oxygens (including phenoxy) is 2. The number of rotatable bonds is 9. The summed E-state index contributed by atoms with van der Waals surface area (Å²) in [6, 6.07) is 6.02. The van der Waals surface area contributed by atoms with Gasteiger partial charge in [-0.3, -0.25) is 0 Å². The van der Waals surface area contributed by atoms with E-state index in [0.29, 0.717) is 13.2 Å². The molecular weight excluding hydrogens is 240 g/mol. The Morgan fingerprint density at radius 2 is 1.68 bits per heavy atom. The second-order valence-electron chi connectivity index (χ2n) is 4.63. The largest absolute Gasteiger partial charge is 0.490 e. The van der Waals surface area contributed by atoms with Crippen LogP contribution in [0.4, 0.5) is 0 Å². The summed E-state index contributed by atoms with van der Waals surface area (Å²) in [5.41, 5.74) is 1.18. The molecule has 3 heteroatoms. The van der Waals surface area contributed by atoms with Gasteiger partial charge < -0.3 is 14.6 Å². The molecule has 0 radical (unpaired) electrons. The standard InChI is InChI=1S/C16H26O3/c1-4-7-14(17)10-8-13-9-11-15(18-5-2)16(12-13)19-6-3/h9,11-12,14,17H,4-8,10H2,1-3H3. The fourth-order valence-corrected chi connectivity index (χ4v) is 2.06. The minimum Gasteiger partial charge on any atom is -0.490 e. The first-order valence-electron chi connectivity index (χ1n) is 7.27. The Balaban J connectivity index is 2.66. The molecule has 1 atom stereocenters. The Morgan fingerprint density at radius 3 is 2.32 bits per heavy atom. The van der Waals surface area contributed by atoms with Crippen LogP contribution < -0.4 is 9.47 Å². The van der Waals surface area contributed by atoms with Crippen molar-refractivity contribution in [2.24, 2.45) is 0 Å². The Morgan fingerprint density at radius 1 is 1.00 bits per heavy atom. The highest BCUT2D eigenvalue weighted by atomic mass is 16.5. The third-order valence-electron chi connectivity index (χ3n) is 3.00. The molecular formula is C16H26O3. The van der Waals surface area contributed by atoms with Gasteiger partial charge in [0.25, 0.3) is 0 Å². The van der Waals surface area contributed by atoms with Crippen LogP contribution in [0.1, 0.15) is 45.6 Å². The lowest BCUT2D eigenvalue weighted by atomic mass is 10.0. The minimum absolute atomic E-state index is 0.202. The summed E-state index contributed by atoms with van der Waals surface area (Å²) in [6.07, 6.45) is 3.36. The molecule has 0 bridgehead atoms. The average molecular weight is 266 g/mol. The summed E-state index contributed by atoms with van der Waals surface area (Å²) in [5.74, 6) is 1.59. The van der Waals surface area contributed by atoms with Crippen molar-refractivity contribution in [1.82, 2.24) is 0 Å². The first kappa shape index (κ1) is 15.8. The molecule has 1 aromatic rings. The molecule has 0 spiro atoms. The van der Waals surface area contributed by atoms with Crippen LogP contribution in [0, 0.1) is 0 Å². The molecule has 1 aromatic carbocycles. The molecule has 0 aliphatic rings. The fourth-order valence-electron chi connectivity index (χ4n) is 2.06. The number of aliphatic hydroxyl groups excluding tert-OH is 1. The topological polar surface area (TPSA) is 38.7 Å². The van der Waals surface area contributed by atoms with E-state index in [9.17, 15) is 5.11 Å². The quantitative estimate of drug-likeness (QED) is 0.742. The van der Waals surface area contributed by atoms with E-state index in [4.69, 9.17) is 9.47 Å². The average Bonchev–Trinajstić information content (AvgIpc) is 2.40. The van der Waals surface area contributed by atoms with Gasteiger partial charge >= 0.3 is 0 Å². The van der Waals surface area contributed by atoms with Crippen LogP contribution in [-0.4, -0.2) is 24.4 Å². The highest BCUT2D eigenvalue weighted by Gasteiger charge is 2.08. The minimum atomic E-state index is -0.202. The zero-order valence-corrected chi connectivity index (χ0v) is 12.3. The lowest BCUT2D eigenvalue weighted by molar-refractivity contribution is 0.154. The molecule has 1 rings (SSSR count). The van der Waals surface area contributed by atoms with Gasteiger partial charge in [0, 0.05) is 0 Å². The molecule has 0 aromatic heterocycles. The summed E-state index contributed by atoms with van der Waals surface area (Å²) in [4.78, 5) is 0. The molecule has 0 saturated carbocycles. The molecule has 3 nitrogen and oxygen atoms in total. The molecule has 19 heavy (non-hydrogen) atoms. The van der Waals surface area contributed by atoms with Crippen molar-refractivity contribution < 1.29 is 14.6 Å². The summed E-state index contributed by atoms with van der Waals surface area (Å²) in [7, 11) is 0. The van der Waals surface area contributed by atoms with E-state index >= 15 is 0 Å². The van der Waals surface area contributed by atoms with Gasteiger partial charge in [-0.1, -0.05) is 19.4 Å². The number of benzene rings is 1. The molecule has 0 aliphatic carbocycles. The van der Waals surface area contributed by atoms with Crippen LogP contribution in [0.5, 0.6) is 11.5 Å². The van der Waals surface area contributed by atoms with E-state index in [1.54, 1.807) is 0 Å². The first-order valence-corrected chi connectivity index (χ1v) is 7.27. The Bertz CT molecular complexity index is 363. The molecule has 0 amide bonds.